The van der Waals surface area contributed by atoms with Gasteiger partial charge in [-0.15, -0.1) is 0 Å². The van der Waals surface area contributed by atoms with E-state index < -0.39 is 5.97 Å². The SMILES string of the molecule is Nc1ccc(C#CC#Cc2ccc(C(=O)[O-])nc2)cc1.[Na+]. The number of aromatic carboxylic acids is 1. The fraction of sp³-hybridized carbons (Fsp3) is 0. The first-order valence-corrected chi connectivity index (χ1v) is 5.70. The zero-order valence-corrected chi connectivity index (χ0v) is 13.4. The molecular formula is C16H9N2NaO2. The molecule has 0 saturated carbocycles. The van der Waals surface area contributed by atoms with Gasteiger partial charge in [0.25, 0.3) is 0 Å². The summed E-state index contributed by atoms with van der Waals surface area (Å²) in [5.41, 5.74) is 7.52. The van der Waals surface area contributed by atoms with Gasteiger partial charge in [-0.3, -0.25) is 4.98 Å². The molecule has 0 unspecified atom stereocenters. The minimum Gasteiger partial charge on any atom is -0.543 e. The largest absolute Gasteiger partial charge is 1.00 e. The Morgan fingerprint density at radius 3 is 2.10 bits per heavy atom. The summed E-state index contributed by atoms with van der Waals surface area (Å²) in [7, 11) is 0. The van der Waals surface area contributed by atoms with Gasteiger partial charge in [0, 0.05) is 23.0 Å². The molecule has 0 amide bonds. The van der Waals surface area contributed by atoms with Crippen molar-refractivity contribution < 1.29 is 39.5 Å². The molecule has 0 bridgehead atoms. The van der Waals surface area contributed by atoms with Crippen LogP contribution in [0, 0.1) is 23.7 Å². The molecule has 1 aromatic carbocycles. The summed E-state index contributed by atoms with van der Waals surface area (Å²) in [6.45, 7) is 0. The second-order valence-corrected chi connectivity index (χ2v) is 3.84. The smallest absolute Gasteiger partial charge is 0.543 e. The fourth-order valence-electron chi connectivity index (χ4n) is 1.36. The molecule has 96 valence electrons. The van der Waals surface area contributed by atoms with Crippen molar-refractivity contribution in [2.45, 2.75) is 0 Å². The maximum absolute atomic E-state index is 10.5. The minimum absolute atomic E-state index is 0. The van der Waals surface area contributed by atoms with Crippen LogP contribution in [-0.2, 0) is 0 Å². The van der Waals surface area contributed by atoms with Crippen LogP contribution in [0.1, 0.15) is 21.6 Å². The summed E-state index contributed by atoms with van der Waals surface area (Å²) < 4.78 is 0. The third kappa shape index (κ3) is 5.33. The number of hydrogen-bond acceptors (Lipinski definition) is 4. The van der Waals surface area contributed by atoms with E-state index in [4.69, 9.17) is 5.73 Å². The van der Waals surface area contributed by atoms with Crippen molar-refractivity contribution in [2.24, 2.45) is 0 Å². The summed E-state index contributed by atoms with van der Waals surface area (Å²) in [6.07, 6.45) is 1.36. The quantitative estimate of drug-likeness (QED) is 0.355. The number of carboxylic acids is 1. The van der Waals surface area contributed by atoms with E-state index in [2.05, 4.69) is 28.7 Å². The van der Waals surface area contributed by atoms with Crippen LogP contribution in [0.5, 0.6) is 0 Å². The molecule has 0 spiro atoms. The van der Waals surface area contributed by atoms with Gasteiger partial charge in [-0.05, 0) is 48.2 Å². The van der Waals surface area contributed by atoms with Gasteiger partial charge in [0.1, 0.15) is 0 Å². The van der Waals surface area contributed by atoms with Gasteiger partial charge in [0.05, 0.1) is 11.7 Å². The summed E-state index contributed by atoms with van der Waals surface area (Å²) in [6, 6.07) is 10.0. The van der Waals surface area contributed by atoms with Gasteiger partial charge in [0.2, 0.25) is 0 Å². The third-order valence-electron chi connectivity index (χ3n) is 2.36. The Kier molecular flexibility index (Phi) is 6.52. The van der Waals surface area contributed by atoms with E-state index in [0.717, 1.165) is 5.56 Å². The summed E-state index contributed by atoms with van der Waals surface area (Å²) in [4.78, 5) is 14.2. The van der Waals surface area contributed by atoms with E-state index in [9.17, 15) is 9.90 Å². The number of aromatic nitrogens is 1. The zero-order valence-electron chi connectivity index (χ0n) is 11.4. The number of nitrogens with two attached hydrogens (primary N) is 1. The maximum Gasteiger partial charge on any atom is 1.00 e. The molecule has 2 rings (SSSR count). The molecule has 0 radical (unpaired) electrons. The van der Waals surface area contributed by atoms with Crippen LogP contribution in [-0.4, -0.2) is 11.0 Å². The second-order valence-electron chi connectivity index (χ2n) is 3.84. The van der Waals surface area contributed by atoms with Crippen molar-refractivity contribution in [3.05, 3.63) is 59.4 Å². The molecule has 21 heavy (non-hydrogen) atoms. The summed E-state index contributed by atoms with van der Waals surface area (Å²) >= 11 is 0. The molecule has 1 aromatic heterocycles. The number of carbonyl (C=O) groups excluding carboxylic acids is 1. The number of carboxylic acid groups (broad SMARTS) is 1. The molecule has 1 heterocycles. The van der Waals surface area contributed by atoms with Gasteiger partial charge in [-0.2, -0.15) is 0 Å². The average Bonchev–Trinajstić information content (AvgIpc) is 2.46. The molecule has 2 aromatic rings. The molecule has 0 saturated heterocycles. The predicted octanol–water partition coefficient (Wildman–Crippen LogP) is -2.57. The fourth-order valence-corrected chi connectivity index (χ4v) is 1.36. The van der Waals surface area contributed by atoms with Crippen LogP contribution in [0.25, 0.3) is 0 Å². The van der Waals surface area contributed by atoms with Crippen molar-refractivity contribution in [1.29, 1.82) is 0 Å². The molecule has 0 fully saturated rings. The monoisotopic (exact) mass is 284 g/mol. The van der Waals surface area contributed by atoms with Crippen LogP contribution >= 0.6 is 0 Å². The van der Waals surface area contributed by atoms with Crippen molar-refractivity contribution in [2.75, 3.05) is 5.73 Å². The van der Waals surface area contributed by atoms with Crippen molar-refractivity contribution in [1.82, 2.24) is 4.98 Å². The molecule has 0 atom stereocenters. The zero-order chi connectivity index (χ0) is 14.4. The van der Waals surface area contributed by atoms with E-state index in [1.54, 1.807) is 30.3 Å². The van der Waals surface area contributed by atoms with Gasteiger partial charge in [-0.25, -0.2) is 0 Å². The van der Waals surface area contributed by atoms with E-state index in [1.807, 2.05) is 0 Å². The standard InChI is InChI=1S/C16H10N2O2.Na/c17-14-8-5-12(6-9-14)3-1-2-4-13-7-10-15(16(19)20)18-11-13;/h5-11H,17H2,(H,19,20);/q;+1/p-1. The number of hydrogen-bond donors (Lipinski definition) is 1. The van der Waals surface area contributed by atoms with Crippen LogP contribution in [0.15, 0.2) is 42.6 Å². The number of carbonyl (C=O) groups is 1. The molecule has 0 aliphatic rings. The number of anilines is 1. The first-order chi connectivity index (χ1) is 9.65. The molecule has 0 aliphatic carbocycles. The Balaban J connectivity index is 0.00000220. The van der Waals surface area contributed by atoms with E-state index in [1.165, 1.54) is 12.3 Å². The average molecular weight is 284 g/mol. The Morgan fingerprint density at radius 2 is 1.57 bits per heavy atom. The van der Waals surface area contributed by atoms with Gasteiger partial charge in [-0.1, -0.05) is 11.8 Å². The molecule has 4 nitrogen and oxygen atoms in total. The third-order valence-corrected chi connectivity index (χ3v) is 2.36. The number of benzene rings is 1. The summed E-state index contributed by atoms with van der Waals surface area (Å²) in [5, 5.41) is 10.5. The van der Waals surface area contributed by atoms with E-state index >= 15 is 0 Å². The Hall–Kier alpha value is -2.24. The second kappa shape index (κ2) is 8.14. The van der Waals surface area contributed by atoms with Crippen LogP contribution < -0.4 is 40.4 Å². The number of rotatable bonds is 1. The topological polar surface area (TPSA) is 79.0 Å². The predicted molar refractivity (Wildman–Crippen MR) is 73.2 cm³/mol. The number of nitrogens with zero attached hydrogens (tertiary/aromatic N) is 1. The van der Waals surface area contributed by atoms with Crippen LogP contribution in [0.3, 0.4) is 0 Å². The molecule has 2 N–H and O–H groups in total. The molecule has 0 aliphatic heterocycles. The first-order valence-electron chi connectivity index (χ1n) is 5.70. The maximum atomic E-state index is 10.5. The van der Waals surface area contributed by atoms with Crippen molar-refractivity contribution >= 4 is 11.7 Å². The normalized spacial score (nSPS) is 8.38. The van der Waals surface area contributed by atoms with E-state index in [-0.39, 0.29) is 35.3 Å². The molecular weight excluding hydrogens is 275 g/mol. The Bertz CT molecular complexity index is 745. The number of pyridine rings is 1. The van der Waals surface area contributed by atoms with Gasteiger partial charge in [0.15, 0.2) is 0 Å². The molecule has 5 heteroatoms. The minimum atomic E-state index is -1.31. The first kappa shape index (κ1) is 16.8. The van der Waals surface area contributed by atoms with Crippen molar-refractivity contribution in [3.8, 4) is 23.7 Å². The van der Waals surface area contributed by atoms with Crippen LogP contribution in [0.4, 0.5) is 5.69 Å². The number of nitrogen functional groups attached to an aromatic ring is 1. The Labute approximate surface area is 144 Å². The van der Waals surface area contributed by atoms with Gasteiger partial charge >= 0.3 is 29.6 Å². The Morgan fingerprint density at radius 1 is 1.00 bits per heavy atom. The van der Waals surface area contributed by atoms with Crippen molar-refractivity contribution in [3.63, 3.8) is 0 Å². The van der Waals surface area contributed by atoms with Gasteiger partial charge < -0.3 is 15.6 Å². The summed E-state index contributed by atoms with van der Waals surface area (Å²) in [5.74, 6) is 9.69. The van der Waals surface area contributed by atoms with Crippen LogP contribution in [0.2, 0.25) is 0 Å². The van der Waals surface area contributed by atoms with E-state index in [0.29, 0.717) is 11.3 Å².